The summed E-state index contributed by atoms with van der Waals surface area (Å²) in [6, 6.07) is 8.73. The molecular formula is C14H21ClN2. The van der Waals surface area contributed by atoms with Crippen LogP contribution >= 0.6 is 11.6 Å². The third kappa shape index (κ3) is 3.01. The van der Waals surface area contributed by atoms with E-state index >= 15 is 0 Å². The molecule has 0 aliphatic carbocycles. The minimum atomic E-state index is 0.235. The van der Waals surface area contributed by atoms with E-state index in [-0.39, 0.29) is 6.04 Å². The van der Waals surface area contributed by atoms with Crippen molar-refractivity contribution < 1.29 is 0 Å². The minimum Gasteiger partial charge on any atom is -0.326 e. The van der Waals surface area contributed by atoms with Gasteiger partial charge in [0.1, 0.15) is 0 Å². The SMILES string of the molecule is CCN1CCCCC(N)C1c1ccc(Cl)cc1. The lowest BCUT2D eigenvalue weighted by Gasteiger charge is -2.33. The molecule has 1 aliphatic rings. The highest BCUT2D eigenvalue weighted by Crippen LogP contribution is 2.29. The molecule has 1 heterocycles. The van der Waals surface area contributed by atoms with Crippen molar-refractivity contribution in [3.05, 3.63) is 34.9 Å². The van der Waals surface area contributed by atoms with Gasteiger partial charge < -0.3 is 5.73 Å². The summed E-state index contributed by atoms with van der Waals surface area (Å²) < 4.78 is 0. The molecule has 1 aliphatic heterocycles. The molecule has 2 atom stereocenters. The molecule has 3 heteroatoms. The van der Waals surface area contributed by atoms with Gasteiger partial charge in [0.2, 0.25) is 0 Å². The van der Waals surface area contributed by atoms with Crippen LogP contribution < -0.4 is 5.73 Å². The Hall–Kier alpha value is -0.570. The van der Waals surface area contributed by atoms with Gasteiger partial charge in [0.25, 0.3) is 0 Å². The highest BCUT2D eigenvalue weighted by Gasteiger charge is 2.27. The number of halogens is 1. The first-order chi connectivity index (χ1) is 8.22. The van der Waals surface area contributed by atoms with Crippen molar-refractivity contribution in [2.75, 3.05) is 13.1 Å². The number of hydrogen-bond acceptors (Lipinski definition) is 2. The fourth-order valence-electron chi connectivity index (χ4n) is 2.74. The maximum atomic E-state index is 6.34. The summed E-state index contributed by atoms with van der Waals surface area (Å²) in [7, 11) is 0. The molecule has 2 rings (SSSR count). The van der Waals surface area contributed by atoms with E-state index in [1.54, 1.807) is 0 Å². The first-order valence-corrected chi connectivity index (χ1v) is 6.85. The second-order valence-electron chi connectivity index (χ2n) is 4.78. The molecule has 1 aromatic rings. The van der Waals surface area contributed by atoms with Gasteiger partial charge in [0.05, 0.1) is 0 Å². The van der Waals surface area contributed by atoms with E-state index in [0.29, 0.717) is 6.04 Å². The molecule has 2 unspecified atom stereocenters. The number of benzene rings is 1. The molecular weight excluding hydrogens is 232 g/mol. The van der Waals surface area contributed by atoms with Crippen LogP contribution in [0.1, 0.15) is 37.8 Å². The number of nitrogens with two attached hydrogens (primary N) is 1. The molecule has 1 saturated heterocycles. The van der Waals surface area contributed by atoms with Crippen LogP contribution in [0.5, 0.6) is 0 Å². The van der Waals surface area contributed by atoms with Gasteiger partial charge in [0, 0.05) is 17.1 Å². The highest BCUT2D eigenvalue weighted by molar-refractivity contribution is 6.30. The van der Waals surface area contributed by atoms with Crippen molar-refractivity contribution in [2.45, 2.75) is 38.3 Å². The van der Waals surface area contributed by atoms with Crippen molar-refractivity contribution in [1.82, 2.24) is 4.90 Å². The van der Waals surface area contributed by atoms with Gasteiger partial charge in [-0.25, -0.2) is 0 Å². The van der Waals surface area contributed by atoms with Crippen molar-refractivity contribution in [1.29, 1.82) is 0 Å². The zero-order chi connectivity index (χ0) is 12.3. The van der Waals surface area contributed by atoms with Gasteiger partial charge in [-0.3, -0.25) is 4.90 Å². The van der Waals surface area contributed by atoms with E-state index in [1.165, 1.54) is 18.4 Å². The fraction of sp³-hybridized carbons (Fsp3) is 0.571. The van der Waals surface area contributed by atoms with Crippen LogP contribution in [0.15, 0.2) is 24.3 Å². The standard InChI is InChI=1S/C14H21ClN2/c1-2-17-10-4-3-5-13(16)14(17)11-6-8-12(15)9-7-11/h6-9,13-14H,2-5,10,16H2,1H3. The molecule has 2 N–H and O–H groups in total. The van der Waals surface area contributed by atoms with Crippen LogP contribution in [0.4, 0.5) is 0 Å². The summed E-state index contributed by atoms with van der Waals surface area (Å²) in [6.45, 7) is 4.42. The van der Waals surface area contributed by atoms with Crippen LogP contribution in [0, 0.1) is 0 Å². The van der Waals surface area contributed by atoms with Crippen LogP contribution in [0.25, 0.3) is 0 Å². The predicted octanol–water partition coefficient (Wildman–Crippen LogP) is 3.21. The van der Waals surface area contributed by atoms with Crippen LogP contribution in [0.3, 0.4) is 0 Å². The minimum absolute atomic E-state index is 0.235. The lowest BCUT2D eigenvalue weighted by atomic mass is 9.96. The average molecular weight is 253 g/mol. The maximum absolute atomic E-state index is 6.34. The van der Waals surface area contributed by atoms with E-state index in [1.807, 2.05) is 12.1 Å². The second kappa shape index (κ2) is 5.85. The summed E-state index contributed by atoms with van der Waals surface area (Å²) in [5.74, 6) is 0. The van der Waals surface area contributed by atoms with E-state index < -0.39 is 0 Å². The largest absolute Gasteiger partial charge is 0.326 e. The third-order valence-corrected chi connectivity index (χ3v) is 3.90. The number of nitrogens with zero attached hydrogens (tertiary/aromatic N) is 1. The Balaban J connectivity index is 2.26. The lowest BCUT2D eigenvalue weighted by molar-refractivity contribution is 0.195. The Bertz CT molecular complexity index is 350. The Labute approximate surface area is 109 Å². The summed E-state index contributed by atoms with van der Waals surface area (Å²) >= 11 is 5.94. The third-order valence-electron chi connectivity index (χ3n) is 3.65. The normalized spacial score (nSPS) is 26.8. The van der Waals surface area contributed by atoms with Gasteiger partial charge in [0.15, 0.2) is 0 Å². The van der Waals surface area contributed by atoms with Crippen molar-refractivity contribution >= 4 is 11.6 Å². The number of hydrogen-bond donors (Lipinski definition) is 1. The van der Waals surface area contributed by atoms with Crippen molar-refractivity contribution in [3.8, 4) is 0 Å². The van der Waals surface area contributed by atoms with Crippen LogP contribution in [-0.2, 0) is 0 Å². The van der Waals surface area contributed by atoms with Gasteiger partial charge >= 0.3 is 0 Å². The van der Waals surface area contributed by atoms with Crippen molar-refractivity contribution in [2.24, 2.45) is 5.73 Å². The second-order valence-corrected chi connectivity index (χ2v) is 5.22. The number of likely N-dealkylation sites (N-methyl/N-ethyl adjacent to an activating group) is 1. The molecule has 0 aromatic heterocycles. The van der Waals surface area contributed by atoms with Gasteiger partial charge in [-0.2, -0.15) is 0 Å². The Morgan fingerprint density at radius 1 is 1.29 bits per heavy atom. The molecule has 0 saturated carbocycles. The Morgan fingerprint density at radius 2 is 2.00 bits per heavy atom. The van der Waals surface area contributed by atoms with E-state index in [4.69, 9.17) is 17.3 Å². The molecule has 0 amide bonds. The quantitative estimate of drug-likeness (QED) is 0.876. The van der Waals surface area contributed by atoms with Gasteiger partial charge in [-0.15, -0.1) is 0 Å². The van der Waals surface area contributed by atoms with Crippen LogP contribution in [0.2, 0.25) is 5.02 Å². The summed E-state index contributed by atoms with van der Waals surface area (Å²) in [5.41, 5.74) is 7.64. The van der Waals surface area contributed by atoms with E-state index in [0.717, 1.165) is 24.5 Å². The summed E-state index contributed by atoms with van der Waals surface area (Å²) in [5, 5.41) is 0.791. The van der Waals surface area contributed by atoms with E-state index in [2.05, 4.69) is 24.0 Å². The topological polar surface area (TPSA) is 29.3 Å². The fourth-order valence-corrected chi connectivity index (χ4v) is 2.86. The Morgan fingerprint density at radius 3 is 2.65 bits per heavy atom. The van der Waals surface area contributed by atoms with Gasteiger partial charge in [-0.05, 0) is 43.6 Å². The lowest BCUT2D eigenvalue weighted by Crippen LogP contribution is -2.39. The first kappa shape index (κ1) is 12.9. The summed E-state index contributed by atoms with van der Waals surface area (Å²) in [6.07, 6.45) is 3.61. The van der Waals surface area contributed by atoms with E-state index in [9.17, 15) is 0 Å². The number of rotatable bonds is 2. The maximum Gasteiger partial charge on any atom is 0.0499 e. The molecule has 0 bridgehead atoms. The predicted molar refractivity (Wildman–Crippen MR) is 73.3 cm³/mol. The molecule has 1 fully saturated rings. The molecule has 0 radical (unpaired) electrons. The zero-order valence-electron chi connectivity index (χ0n) is 10.4. The molecule has 94 valence electrons. The summed E-state index contributed by atoms with van der Waals surface area (Å²) in [4.78, 5) is 2.49. The number of likely N-dealkylation sites (tertiary alicyclic amines) is 1. The molecule has 2 nitrogen and oxygen atoms in total. The smallest absolute Gasteiger partial charge is 0.0499 e. The molecule has 0 spiro atoms. The molecule has 1 aromatic carbocycles. The Kier molecular flexibility index (Phi) is 4.43. The molecule has 17 heavy (non-hydrogen) atoms. The average Bonchev–Trinajstić information content (AvgIpc) is 2.52. The van der Waals surface area contributed by atoms with Gasteiger partial charge in [-0.1, -0.05) is 37.1 Å². The zero-order valence-corrected chi connectivity index (χ0v) is 11.2. The van der Waals surface area contributed by atoms with Crippen molar-refractivity contribution in [3.63, 3.8) is 0 Å². The highest BCUT2D eigenvalue weighted by atomic mass is 35.5. The monoisotopic (exact) mass is 252 g/mol. The first-order valence-electron chi connectivity index (χ1n) is 6.47. The van der Waals surface area contributed by atoms with Crippen LogP contribution in [-0.4, -0.2) is 24.0 Å².